The molecule has 3 heteroatoms. The number of rotatable bonds is 3. The maximum atomic E-state index is 9.85. The van der Waals surface area contributed by atoms with Gasteiger partial charge in [0.15, 0.2) is 0 Å². The summed E-state index contributed by atoms with van der Waals surface area (Å²) in [4.78, 5) is 0.880. The van der Waals surface area contributed by atoms with Crippen LogP contribution < -0.4 is 0 Å². The van der Waals surface area contributed by atoms with Crippen LogP contribution in [0.25, 0.3) is 0 Å². The molecule has 0 saturated carbocycles. The first-order valence-electron chi connectivity index (χ1n) is 4.89. The SMILES string of the molecule is [B]C(C)(C)/C(C)=C(\S)C(C)C(C)(C)O. The topological polar surface area (TPSA) is 20.2 Å². The van der Waals surface area contributed by atoms with Gasteiger partial charge in [-0.3, -0.25) is 0 Å². The van der Waals surface area contributed by atoms with Gasteiger partial charge in [0.25, 0.3) is 0 Å². The van der Waals surface area contributed by atoms with Crippen molar-refractivity contribution in [3.05, 3.63) is 10.5 Å². The van der Waals surface area contributed by atoms with Crippen LogP contribution in [0.4, 0.5) is 0 Å². The van der Waals surface area contributed by atoms with Crippen LogP contribution in [0.5, 0.6) is 0 Å². The van der Waals surface area contributed by atoms with Gasteiger partial charge in [-0.05, 0) is 25.7 Å². The molecular weight excluding hydrogens is 191 g/mol. The minimum atomic E-state index is -0.760. The van der Waals surface area contributed by atoms with Crippen LogP contribution >= 0.6 is 12.6 Å². The number of allylic oxidation sites excluding steroid dienone is 1. The van der Waals surface area contributed by atoms with Crippen molar-refractivity contribution < 1.29 is 5.11 Å². The third-order valence-electron chi connectivity index (χ3n) is 2.82. The second-order valence-corrected chi connectivity index (χ2v) is 5.59. The van der Waals surface area contributed by atoms with E-state index in [1.54, 1.807) is 13.8 Å². The van der Waals surface area contributed by atoms with E-state index in [2.05, 4.69) is 12.6 Å². The van der Waals surface area contributed by atoms with E-state index in [1.165, 1.54) is 0 Å². The third kappa shape index (κ3) is 3.70. The largest absolute Gasteiger partial charge is 0.390 e. The number of aliphatic hydroxyl groups is 1. The summed E-state index contributed by atoms with van der Waals surface area (Å²) >= 11 is 4.45. The lowest BCUT2D eigenvalue weighted by Crippen LogP contribution is -2.29. The van der Waals surface area contributed by atoms with Crippen molar-refractivity contribution in [1.82, 2.24) is 0 Å². The summed E-state index contributed by atoms with van der Waals surface area (Å²) in [6.45, 7) is 11.4. The van der Waals surface area contributed by atoms with Crippen molar-refractivity contribution in [2.75, 3.05) is 0 Å². The fraction of sp³-hybridized carbons (Fsp3) is 0.818. The predicted octanol–water partition coefficient (Wildman–Crippen LogP) is 2.96. The Labute approximate surface area is 94.8 Å². The zero-order chi connectivity index (χ0) is 11.7. The van der Waals surface area contributed by atoms with E-state index in [4.69, 9.17) is 7.85 Å². The first-order valence-corrected chi connectivity index (χ1v) is 5.34. The van der Waals surface area contributed by atoms with E-state index in [9.17, 15) is 5.11 Å². The molecule has 1 N–H and O–H groups in total. The van der Waals surface area contributed by atoms with Gasteiger partial charge in [0.05, 0.1) is 13.4 Å². The molecule has 1 unspecified atom stereocenters. The standard InChI is InChI=1S/C11H21BOS/c1-7(10(3,4)12)9(14)8(2)11(5,6)13/h8,13-14H,1-6H3/b9-7-. The van der Waals surface area contributed by atoms with Crippen molar-refractivity contribution in [1.29, 1.82) is 0 Å². The highest BCUT2D eigenvalue weighted by atomic mass is 32.1. The molecule has 0 aliphatic rings. The molecule has 0 aliphatic carbocycles. The number of hydrogen-bond acceptors (Lipinski definition) is 2. The average Bonchev–Trinajstić information content (AvgIpc) is 1.97. The Morgan fingerprint density at radius 3 is 1.86 bits per heavy atom. The lowest BCUT2D eigenvalue weighted by Gasteiger charge is -2.31. The Kier molecular flexibility index (Phi) is 4.35. The fourth-order valence-corrected chi connectivity index (χ4v) is 1.59. The van der Waals surface area contributed by atoms with E-state index in [1.807, 2.05) is 27.7 Å². The van der Waals surface area contributed by atoms with Gasteiger partial charge in [0.2, 0.25) is 0 Å². The van der Waals surface area contributed by atoms with E-state index in [0.29, 0.717) is 0 Å². The molecule has 2 radical (unpaired) electrons. The molecule has 0 spiro atoms. The first kappa shape index (κ1) is 14.1. The van der Waals surface area contributed by atoms with Gasteiger partial charge in [-0.2, -0.15) is 0 Å². The Morgan fingerprint density at radius 2 is 1.64 bits per heavy atom. The van der Waals surface area contributed by atoms with Crippen LogP contribution in [0.2, 0.25) is 5.31 Å². The van der Waals surface area contributed by atoms with Crippen molar-refractivity contribution in [3.8, 4) is 0 Å². The molecule has 0 aliphatic heterocycles. The predicted molar refractivity (Wildman–Crippen MR) is 66.9 cm³/mol. The van der Waals surface area contributed by atoms with Crippen LogP contribution in [0.3, 0.4) is 0 Å². The van der Waals surface area contributed by atoms with Crippen molar-refractivity contribution in [2.45, 2.75) is 52.5 Å². The Hall–Kier alpha value is 0.115. The lowest BCUT2D eigenvalue weighted by atomic mass is 9.66. The minimum Gasteiger partial charge on any atom is -0.390 e. The Morgan fingerprint density at radius 1 is 1.29 bits per heavy atom. The molecule has 0 amide bonds. The van der Waals surface area contributed by atoms with Gasteiger partial charge in [-0.15, -0.1) is 12.6 Å². The normalized spacial score (nSPS) is 17.7. The molecule has 0 aromatic carbocycles. The molecule has 0 saturated heterocycles. The van der Waals surface area contributed by atoms with Crippen LogP contribution in [0, 0.1) is 5.92 Å². The van der Waals surface area contributed by atoms with E-state index in [-0.39, 0.29) is 11.2 Å². The van der Waals surface area contributed by atoms with Crippen molar-refractivity contribution in [2.24, 2.45) is 5.92 Å². The first-order chi connectivity index (χ1) is 5.98. The maximum absolute atomic E-state index is 9.85. The zero-order valence-electron chi connectivity index (χ0n) is 10.0. The minimum absolute atomic E-state index is 0.00587. The third-order valence-corrected chi connectivity index (χ3v) is 3.54. The smallest absolute Gasteiger partial charge is 0.0798 e. The van der Waals surface area contributed by atoms with Gasteiger partial charge >= 0.3 is 0 Å². The highest BCUT2D eigenvalue weighted by molar-refractivity contribution is 7.84. The van der Waals surface area contributed by atoms with Crippen molar-refractivity contribution >= 4 is 20.5 Å². The van der Waals surface area contributed by atoms with Gasteiger partial charge < -0.3 is 5.11 Å². The summed E-state index contributed by atoms with van der Waals surface area (Å²) in [5, 5.41) is 9.47. The summed E-state index contributed by atoms with van der Waals surface area (Å²) in [7, 11) is 5.97. The molecule has 0 rings (SSSR count). The summed E-state index contributed by atoms with van der Waals surface area (Å²) in [6, 6.07) is 0. The number of hydrogen-bond donors (Lipinski definition) is 2. The second kappa shape index (κ2) is 4.32. The second-order valence-electron chi connectivity index (χ2n) is 5.11. The lowest BCUT2D eigenvalue weighted by molar-refractivity contribution is 0.0423. The molecule has 14 heavy (non-hydrogen) atoms. The molecular formula is C11H21BOS. The van der Waals surface area contributed by atoms with Gasteiger partial charge in [-0.25, -0.2) is 0 Å². The molecule has 0 aromatic heterocycles. The Balaban J connectivity index is 5.03. The molecule has 0 bridgehead atoms. The van der Waals surface area contributed by atoms with Gasteiger partial charge in [0, 0.05) is 5.92 Å². The van der Waals surface area contributed by atoms with Crippen molar-refractivity contribution in [3.63, 3.8) is 0 Å². The summed E-state index contributed by atoms with van der Waals surface area (Å²) in [6.07, 6.45) is 0. The van der Waals surface area contributed by atoms with Crippen LogP contribution in [-0.2, 0) is 0 Å². The van der Waals surface area contributed by atoms with Crippen LogP contribution in [0.1, 0.15) is 41.5 Å². The molecule has 1 atom stereocenters. The molecule has 0 fully saturated rings. The molecule has 80 valence electrons. The van der Waals surface area contributed by atoms with Gasteiger partial charge in [-0.1, -0.05) is 31.7 Å². The van der Waals surface area contributed by atoms with E-state index >= 15 is 0 Å². The zero-order valence-corrected chi connectivity index (χ0v) is 10.9. The molecule has 0 aromatic rings. The maximum Gasteiger partial charge on any atom is 0.0798 e. The number of thiol groups is 1. The molecule has 0 heterocycles. The molecule has 1 nitrogen and oxygen atoms in total. The quantitative estimate of drug-likeness (QED) is 0.544. The van der Waals surface area contributed by atoms with E-state index in [0.717, 1.165) is 10.5 Å². The summed E-state index contributed by atoms with van der Waals surface area (Å²) in [5.41, 5.74) is 0.263. The highest BCUT2D eigenvalue weighted by Gasteiger charge is 2.27. The van der Waals surface area contributed by atoms with Crippen LogP contribution in [-0.4, -0.2) is 18.6 Å². The van der Waals surface area contributed by atoms with E-state index < -0.39 is 5.60 Å². The van der Waals surface area contributed by atoms with Crippen LogP contribution in [0.15, 0.2) is 10.5 Å². The van der Waals surface area contributed by atoms with Gasteiger partial charge in [0.1, 0.15) is 0 Å². The fourth-order valence-electron chi connectivity index (χ4n) is 0.989. The average molecular weight is 212 g/mol. The summed E-state index contributed by atoms with van der Waals surface area (Å²) < 4.78 is 0. The Bertz CT molecular complexity index is 233. The monoisotopic (exact) mass is 212 g/mol. The summed E-state index contributed by atoms with van der Waals surface area (Å²) in [5.74, 6) is -0.00587. The highest BCUT2D eigenvalue weighted by Crippen LogP contribution is 2.38.